The zero-order valence-corrected chi connectivity index (χ0v) is 25.5. The van der Waals surface area contributed by atoms with Gasteiger partial charge in [0.15, 0.2) is 0 Å². The van der Waals surface area contributed by atoms with E-state index < -0.39 is 24.5 Å². The Bertz CT molecular complexity index is 1760. The third kappa shape index (κ3) is 7.27. The summed E-state index contributed by atoms with van der Waals surface area (Å²) in [5.74, 6) is -1.37. The van der Waals surface area contributed by atoms with Crippen molar-refractivity contribution in [1.29, 1.82) is 0 Å². The third-order valence-electron chi connectivity index (χ3n) is 8.73. The Labute approximate surface area is 257 Å². The van der Waals surface area contributed by atoms with Gasteiger partial charge in [0, 0.05) is 48.3 Å². The number of piperidine rings is 1. The summed E-state index contributed by atoms with van der Waals surface area (Å²) in [4.78, 5) is 43.9. The standard InChI is InChI=1S/C33H37F4N5O3/c1-19(2)24-14-23(27(26-15-38-40-31(24)26)16-41(3)18-33(35,36)37)11-20(17-43)12-29(44)42-9-7-21(8-10-42)25-13-22-5-4-6-28(34)30(22)39-32(25)45/h4-6,13-15,17,19-21H,7-12,16,18H2,1-3H3,(H,38,40)(H,39,45)/t20-/m0/s1. The summed E-state index contributed by atoms with van der Waals surface area (Å²) >= 11 is 0. The molecular weight excluding hydrogens is 590 g/mol. The first-order valence-electron chi connectivity index (χ1n) is 15.1. The van der Waals surface area contributed by atoms with Crippen LogP contribution < -0.4 is 5.56 Å². The lowest BCUT2D eigenvalue weighted by Gasteiger charge is -2.32. The number of nitrogens with zero attached hydrogens (tertiary/aromatic N) is 3. The lowest BCUT2D eigenvalue weighted by Crippen LogP contribution is -2.39. The van der Waals surface area contributed by atoms with Crippen LogP contribution in [-0.4, -0.2) is 70.0 Å². The normalized spacial score (nSPS) is 15.4. The van der Waals surface area contributed by atoms with E-state index in [1.807, 2.05) is 19.9 Å². The first kappa shape index (κ1) is 32.3. The van der Waals surface area contributed by atoms with Crippen molar-refractivity contribution in [2.45, 2.75) is 64.1 Å². The average molecular weight is 628 g/mol. The maximum atomic E-state index is 14.1. The van der Waals surface area contributed by atoms with Crippen LogP contribution >= 0.6 is 0 Å². The maximum absolute atomic E-state index is 14.1. The van der Waals surface area contributed by atoms with Crippen molar-refractivity contribution in [2.24, 2.45) is 5.92 Å². The third-order valence-corrected chi connectivity index (χ3v) is 8.73. The molecule has 8 nitrogen and oxygen atoms in total. The Morgan fingerprint density at radius 1 is 1.18 bits per heavy atom. The van der Waals surface area contributed by atoms with Gasteiger partial charge in [0.2, 0.25) is 5.91 Å². The number of pyridine rings is 1. The van der Waals surface area contributed by atoms with Crippen molar-refractivity contribution in [3.8, 4) is 0 Å². The number of carbonyl (C=O) groups excluding carboxylic acids is 2. The number of carbonyl (C=O) groups is 2. The number of likely N-dealkylation sites (tertiary alicyclic amines) is 1. The van der Waals surface area contributed by atoms with Crippen LogP contribution in [0.3, 0.4) is 0 Å². The fourth-order valence-electron chi connectivity index (χ4n) is 6.47. The zero-order valence-electron chi connectivity index (χ0n) is 25.5. The van der Waals surface area contributed by atoms with Crippen LogP contribution in [0.25, 0.3) is 21.8 Å². The van der Waals surface area contributed by atoms with Gasteiger partial charge < -0.3 is 14.7 Å². The molecule has 2 aromatic carbocycles. The van der Waals surface area contributed by atoms with Crippen LogP contribution in [0.4, 0.5) is 17.6 Å². The Morgan fingerprint density at radius 3 is 2.58 bits per heavy atom. The molecule has 12 heteroatoms. The van der Waals surface area contributed by atoms with Gasteiger partial charge in [-0.05, 0) is 67.0 Å². The van der Waals surface area contributed by atoms with Crippen LogP contribution in [-0.2, 0) is 22.6 Å². The molecule has 1 aliphatic rings. The van der Waals surface area contributed by atoms with Gasteiger partial charge in [0.05, 0.1) is 23.8 Å². The first-order valence-corrected chi connectivity index (χ1v) is 15.1. The van der Waals surface area contributed by atoms with Gasteiger partial charge in [0.25, 0.3) is 5.56 Å². The fourth-order valence-corrected chi connectivity index (χ4v) is 6.47. The zero-order chi connectivity index (χ0) is 32.5. The highest BCUT2D eigenvalue weighted by Gasteiger charge is 2.31. The van der Waals surface area contributed by atoms with Crippen molar-refractivity contribution in [3.05, 3.63) is 75.0 Å². The Hall–Kier alpha value is -4.06. The number of halogens is 4. The largest absolute Gasteiger partial charge is 0.401 e. The van der Waals surface area contributed by atoms with Gasteiger partial charge in [0.1, 0.15) is 12.1 Å². The molecule has 1 saturated heterocycles. The van der Waals surface area contributed by atoms with Crippen molar-refractivity contribution in [2.75, 3.05) is 26.7 Å². The van der Waals surface area contributed by atoms with Crippen LogP contribution in [0, 0.1) is 11.7 Å². The number of fused-ring (bicyclic) bond motifs is 2. The lowest BCUT2D eigenvalue weighted by atomic mass is 9.87. The molecule has 2 N–H and O–H groups in total. The first-order chi connectivity index (χ1) is 21.3. The van der Waals surface area contributed by atoms with E-state index in [0.29, 0.717) is 47.8 Å². The number of hydrogen-bond acceptors (Lipinski definition) is 5. The average Bonchev–Trinajstić information content (AvgIpc) is 3.47. The predicted octanol–water partition coefficient (Wildman–Crippen LogP) is 5.81. The van der Waals surface area contributed by atoms with Crippen molar-refractivity contribution in [3.63, 3.8) is 0 Å². The second-order valence-electron chi connectivity index (χ2n) is 12.4. The van der Waals surface area contributed by atoms with E-state index in [9.17, 15) is 31.9 Å². The summed E-state index contributed by atoms with van der Waals surface area (Å²) in [7, 11) is 1.40. The van der Waals surface area contributed by atoms with E-state index >= 15 is 0 Å². The molecule has 2 aromatic heterocycles. The second kappa shape index (κ2) is 13.1. The molecule has 240 valence electrons. The Kier molecular flexibility index (Phi) is 9.43. The topological polar surface area (TPSA) is 102 Å². The van der Waals surface area contributed by atoms with Gasteiger partial charge in [-0.3, -0.25) is 19.6 Å². The number of aldehydes is 1. The SMILES string of the molecule is CC(C)c1cc(C[C@H](C=O)CC(=O)N2CCC(c3cc4cccc(F)c4[nH]c3=O)CC2)c(CN(C)CC(F)(F)F)c2cn[nH]c12. The second-order valence-corrected chi connectivity index (χ2v) is 12.4. The van der Waals surface area contributed by atoms with Gasteiger partial charge >= 0.3 is 6.18 Å². The van der Waals surface area contributed by atoms with E-state index in [-0.39, 0.29) is 48.2 Å². The summed E-state index contributed by atoms with van der Waals surface area (Å²) < 4.78 is 53.6. The number of alkyl halides is 3. The number of rotatable bonds is 10. The monoisotopic (exact) mass is 627 g/mol. The molecule has 0 spiro atoms. The maximum Gasteiger partial charge on any atom is 0.401 e. The molecule has 3 heterocycles. The number of nitrogens with one attached hydrogen (secondary N) is 2. The lowest BCUT2D eigenvalue weighted by molar-refractivity contribution is -0.144. The number of hydrogen-bond donors (Lipinski definition) is 2. The smallest absolute Gasteiger partial charge is 0.343 e. The van der Waals surface area contributed by atoms with E-state index in [0.717, 1.165) is 22.9 Å². The minimum absolute atomic E-state index is 0.00314. The summed E-state index contributed by atoms with van der Waals surface area (Å²) in [6.07, 6.45) is -0.766. The molecule has 0 bridgehead atoms. The van der Waals surface area contributed by atoms with Crippen LogP contribution in [0.15, 0.2) is 41.3 Å². The van der Waals surface area contributed by atoms with E-state index in [4.69, 9.17) is 0 Å². The quantitative estimate of drug-likeness (QED) is 0.171. The fraction of sp³-hybridized carbons (Fsp3) is 0.455. The number of para-hydroxylation sites is 1. The van der Waals surface area contributed by atoms with Gasteiger partial charge in [-0.2, -0.15) is 18.3 Å². The highest BCUT2D eigenvalue weighted by molar-refractivity contribution is 5.87. The molecule has 1 aliphatic heterocycles. The number of aromatic nitrogens is 3. The van der Waals surface area contributed by atoms with Crippen molar-refractivity contribution >= 4 is 34.0 Å². The Balaban J connectivity index is 1.30. The highest BCUT2D eigenvalue weighted by atomic mass is 19.4. The summed E-state index contributed by atoms with van der Waals surface area (Å²) in [5.41, 5.74) is 3.44. The van der Waals surface area contributed by atoms with Crippen LogP contribution in [0.2, 0.25) is 0 Å². The minimum atomic E-state index is -4.37. The molecule has 0 aliphatic carbocycles. The van der Waals surface area contributed by atoms with Crippen molar-refractivity contribution in [1.82, 2.24) is 25.0 Å². The molecule has 4 aromatic rings. The molecular formula is C33H37F4N5O3. The van der Waals surface area contributed by atoms with Crippen LogP contribution in [0.1, 0.15) is 67.2 Å². The highest BCUT2D eigenvalue weighted by Crippen LogP contribution is 2.33. The number of H-pyrrole nitrogens is 2. The summed E-state index contributed by atoms with van der Waals surface area (Å²) in [6, 6.07) is 8.26. The molecule has 0 saturated carbocycles. The molecule has 1 amide bonds. The molecule has 45 heavy (non-hydrogen) atoms. The molecule has 0 radical (unpaired) electrons. The number of benzene rings is 2. The molecule has 1 fully saturated rings. The summed E-state index contributed by atoms with van der Waals surface area (Å²) in [6.45, 7) is 3.72. The molecule has 0 unspecified atom stereocenters. The Morgan fingerprint density at radius 2 is 1.91 bits per heavy atom. The van der Waals surface area contributed by atoms with E-state index in [2.05, 4.69) is 15.2 Å². The molecule has 5 rings (SSSR count). The predicted molar refractivity (Wildman–Crippen MR) is 164 cm³/mol. The summed E-state index contributed by atoms with van der Waals surface area (Å²) in [5, 5.41) is 8.44. The molecule has 1 atom stereocenters. The van der Waals surface area contributed by atoms with E-state index in [1.165, 1.54) is 18.0 Å². The van der Waals surface area contributed by atoms with Gasteiger partial charge in [-0.15, -0.1) is 0 Å². The van der Waals surface area contributed by atoms with Gasteiger partial charge in [-0.25, -0.2) is 4.39 Å². The number of amides is 1. The van der Waals surface area contributed by atoms with Crippen LogP contribution in [0.5, 0.6) is 0 Å². The van der Waals surface area contributed by atoms with Gasteiger partial charge in [-0.1, -0.05) is 32.0 Å². The minimum Gasteiger partial charge on any atom is -0.343 e. The number of aromatic amines is 2. The van der Waals surface area contributed by atoms with E-state index in [1.54, 1.807) is 29.3 Å². The van der Waals surface area contributed by atoms with Crippen molar-refractivity contribution < 1.29 is 27.2 Å².